The summed E-state index contributed by atoms with van der Waals surface area (Å²) in [6, 6.07) is 4.94. The third kappa shape index (κ3) is 2.77. The quantitative estimate of drug-likeness (QED) is 0.913. The van der Waals surface area contributed by atoms with Gasteiger partial charge in [0.15, 0.2) is 0 Å². The molecule has 0 aliphatic heterocycles. The smallest absolute Gasteiger partial charge is 0.245 e. The van der Waals surface area contributed by atoms with Crippen molar-refractivity contribution in [3.05, 3.63) is 39.9 Å². The maximum atomic E-state index is 12.1. The van der Waals surface area contributed by atoms with Gasteiger partial charge in [-0.25, -0.2) is 0 Å². The number of carbonyl (C=O) groups excluding carboxylic acids is 1. The molecule has 2 heterocycles. The molecule has 0 radical (unpaired) electrons. The second-order valence-electron chi connectivity index (χ2n) is 4.12. The average Bonchev–Trinajstić information content (AvgIpc) is 2.98. The monoisotopic (exact) mass is 265 g/mol. The van der Waals surface area contributed by atoms with Crippen molar-refractivity contribution in [1.82, 2.24) is 10.1 Å². The van der Waals surface area contributed by atoms with Crippen LogP contribution in [0.4, 0.5) is 0 Å². The largest absolute Gasteiger partial charge is 0.361 e. The molecule has 0 aliphatic rings. The van der Waals surface area contributed by atoms with Crippen LogP contribution in [0.25, 0.3) is 0 Å². The molecule has 5 nitrogen and oxygen atoms in total. The van der Waals surface area contributed by atoms with Crippen LogP contribution in [0.5, 0.6) is 0 Å². The first-order chi connectivity index (χ1) is 8.58. The molecule has 0 aromatic carbocycles. The fourth-order valence-corrected chi connectivity index (χ4v) is 2.36. The number of nitrogens with two attached hydrogens (primary N) is 1. The van der Waals surface area contributed by atoms with Gasteiger partial charge in [-0.3, -0.25) is 4.79 Å². The summed E-state index contributed by atoms with van der Waals surface area (Å²) < 4.78 is 4.96. The zero-order valence-corrected chi connectivity index (χ0v) is 11.1. The van der Waals surface area contributed by atoms with Crippen molar-refractivity contribution < 1.29 is 9.32 Å². The number of aryl methyl sites for hydroxylation is 1. The molecule has 2 aromatic rings. The SMILES string of the molecule is Cc1cc(CN(C)C(=O)C(N)c2cccs2)no1. The Labute approximate surface area is 109 Å². The molecule has 2 N–H and O–H groups in total. The topological polar surface area (TPSA) is 72.4 Å². The van der Waals surface area contributed by atoms with E-state index < -0.39 is 6.04 Å². The van der Waals surface area contributed by atoms with Crippen LogP contribution < -0.4 is 5.73 Å². The molecule has 1 amide bonds. The highest BCUT2D eigenvalue weighted by Crippen LogP contribution is 2.19. The summed E-state index contributed by atoms with van der Waals surface area (Å²) in [6.07, 6.45) is 0. The molecule has 0 aliphatic carbocycles. The van der Waals surface area contributed by atoms with E-state index in [1.54, 1.807) is 18.0 Å². The summed E-state index contributed by atoms with van der Waals surface area (Å²) in [5.41, 5.74) is 6.64. The van der Waals surface area contributed by atoms with E-state index in [0.29, 0.717) is 6.54 Å². The van der Waals surface area contributed by atoms with E-state index in [1.165, 1.54) is 11.3 Å². The number of likely N-dealkylation sites (N-methyl/N-ethyl adjacent to an activating group) is 1. The van der Waals surface area contributed by atoms with Gasteiger partial charge in [0.25, 0.3) is 0 Å². The van der Waals surface area contributed by atoms with Crippen LogP contribution in [0, 0.1) is 6.92 Å². The number of thiophene rings is 1. The molecule has 1 unspecified atom stereocenters. The zero-order chi connectivity index (χ0) is 13.1. The van der Waals surface area contributed by atoms with Crippen molar-refractivity contribution in [3.63, 3.8) is 0 Å². The Balaban J connectivity index is 2.00. The summed E-state index contributed by atoms with van der Waals surface area (Å²) in [4.78, 5) is 14.5. The second kappa shape index (κ2) is 5.32. The predicted octanol–water partition coefficient (Wildman–Crippen LogP) is 1.70. The van der Waals surface area contributed by atoms with Crippen molar-refractivity contribution in [2.75, 3.05) is 7.05 Å². The van der Waals surface area contributed by atoms with Gasteiger partial charge in [0.1, 0.15) is 17.5 Å². The Morgan fingerprint density at radius 3 is 3.00 bits per heavy atom. The summed E-state index contributed by atoms with van der Waals surface area (Å²) >= 11 is 1.48. The highest BCUT2D eigenvalue weighted by atomic mass is 32.1. The molecule has 0 fully saturated rings. The van der Waals surface area contributed by atoms with Crippen LogP contribution >= 0.6 is 11.3 Å². The van der Waals surface area contributed by atoms with Gasteiger partial charge in [-0.15, -0.1) is 11.3 Å². The Morgan fingerprint density at radius 1 is 1.67 bits per heavy atom. The Hall–Kier alpha value is -1.66. The van der Waals surface area contributed by atoms with E-state index in [0.717, 1.165) is 16.3 Å². The van der Waals surface area contributed by atoms with E-state index in [4.69, 9.17) is 10.3 Å². The Bertz CT molecular complexity index is 521. The lowest BCUT2D eigenvalue weighted by Gasteiger charge is -2.19. The van der Waals surface area contributed by atoms with Gasteiger partial charge in [0.2, 0.25) is 5.91 Å². The third-order valence-corrected chi connectivity index (χ3v) is 3.52. The first-order valence-corrected chi connectivity index (χ1v) is 6.42. The molecular weight excluding hydrogens is 250 g/mol. The lowest BCUT2D eigenvalue weighted by Crippen LogP contribution is -2.35. The summed E-state index contributed by atoms with van der Waals surface area (Å²) in [5.74, 6) is 0.603. The second-order valence-corrected chi connectivity index (χ2v) is 5.10. The minimum Gasteiger partial charge on any atom is -0.361 e. The van der Waals surface area contributed by atoms with Crippen molar-refractivity contribution >= 4 is 17.2 Å². The molecule has 0 spiro atoms. The standard InChI is InChI=1S/C12H15N3O2S/c1-8-6-9(14-17-8)7-15(2)12(16)11(13)10-4-3-5-18-10/h3-6,11H,7,13H2,1-2H3. The van der Waals surface area contributed by atoms with E-state index in [-0.39, 0.29) is 5.91 Å². The fourth-order valence-electron chi connectivity index (χ4n) is 1.64. The number of aromatic nitrogens is 1. The van der Waals surface area contributed by atoms with Gasteiger partial charge in [-0.05, 0) is 18.4 Å². The fraction of sp³-hybridized carbons (Fsp3) is 0.333. The first kappa shape index (κ1) is 12.8. The number of nitrogens with zero attached hydrogens (tertiary/aromatic N) is 2. The predicted molar refractivity (Wildman–Crippen MR) is 69.0 cm³/mol. The minimum atomic E-state index is -0.608. The van der Waals surface area contributed by atoms with Crippen LogP contribution in [0.1, 0.15) is 22.4 Å². The van der Waals surface area contributed by atoms with Crippen molar-refractivity contribution in [3.8, 4) is 0 Å². The molecule has 6 heteroatoms. The number of rotatable bonds is 4. The molecule has 0 bridgehead atoms. The van der Waals surface area contributed by atoms with E-state index in [2.05, 4.69) is 5.16 Å². The molecule has 0 saturated carbocycles. The molecular formula is C12H15N3O2S. The lowest BCUT2D eigenvalue weighted by molar-refractivity contribution is -0.131. The third-order valence-electron chi connectivity index (χ3n) is 2.57. The lowest BCUT2D eigenvalue weighted by atomic mass is 10.2. The normalized spacial score (nSPS) is 12.4. The van der Waals surface area contributed by atoms with Gasteiger partial charge >= 0.3 is 0 Å². The average molecular weight is 265 g/mol. The number of amides is 1. The zero-order valence-electron chi connectivity index (χ0n) is 10.3. The van der Waals surface area contributed by atoms with Crippen molar-refractivity contribution in [1.29, 1.82) is 0 Å². The van der Waals surface area contributed by atoms with Crippen molar-refractivity contribution in [2.45, 2.75) is 19.5 Å². The number of hydrogen-bond donors (Lipinski definition) is 1. The minimum absolute atomic E-state index is 0.127. The maximum absolute atomic E-state index is 12.1. The van der Waals surface area contributed by atoms with E-state index in [9.17, 15) is 4.79 Å². The highest BCUT2D eigenvalue weighted by Gasteiger charge is 2.21. The molecule has 96 valence electrons. The Morgan fingerprint density at radius 2 is 2.44 bits per heavy atom. The molecule has 1 atom stereocenters. The summed E-state index contributed by atoms with van der Waals surface area (Å²) in [7, 11) is 1.71. The van der Waals surface area contributed by atoms with Gasteiger partial charge in [0, 0.05) is 18.0 Å². The van der Waals surface area contributed by atoms with Gasteiger partial charge < -0.3 is 15.2 Å². The Kier molecular flexibility index (Phi) is 3.78. The highest BCUT2D eigenvalue weighted by molar-refractivity contribution is 7.10. The molecule has 2 rings (SSSR count). The van der Waals surface area contributed by atoms with Gasteiger partial charge in [-0.2, -0.15) is 0 Å². The summed E-state index contributed by atoms with van der Waals surface area (Å²) in [5, 5.41) is 5.76. The molecule has 0 saturated heterocycles. The van der Waals surface area contributed by atoms with Crippen LogP contribution in [0.15, 0.2) is 28.1 Å². The summed E-state index contributed by atoms with van der Waals surface area (Å²) in [6.45, 7) is 2.21. The molecule has 18 heavy (non-hydrogen) atoms. The van der Waals surface area contributed by atoms with E-state index >= 15 is 0 Å². The van der Waals surface area contributed by atoms with E-state index in [1.807, 2.05) is 24.4 Å². The first-order valence-electron chi connectivity index (χ1n) is 5.54. The van der Waals surface area contributed by atoms with Crippen LogP contribution in [0.2, 0.25) is 0 Å². The van der Waals surface area contributed by atoms with Crippen LogP contribution in [-0.2, 0) is 11.3 Å². The molecule has 2 aromatic heterocycles. The van der Waals surface area contributed by atoms with Crippen molar-refractivity contribution in [2.24, 2.45) is 5.73 Å². The van der Waals surface area contributed by atoms with Crippen LogP contribution in [-0.4, -0.2) is 23.0 Å². The maximum Gasteiger partial charge on any atom is 0.245 e. The number of hydrogen-bond acceptors (Lipinski definition) is 5. The van der Waals surface area contributed by atoms with Gasteiger partial charge in [-0.1, -0.05) is 11.2 Å². The van der Waals surface area contributed by atoms with Crippen LogP contribution in [0.3, 0.4) is 0 Å². The van der Waals surface area contributed by atoms with Gasteiger partial charge in [0.05, 0.1) is 6.54 Å². The number of carbonyl (C=O) groups is 1.